The molecule has 0 unspecified atom stereocenters. The highest BCUT2D eigenvalue weighted by Crippen LogP contribution is 2.49. The number of benzene rings is 2. The smallest absolute Gasteiger partial charge is 0.343 e. The Morgan fingerprint density at radius 2 is 1.70 bits per heavy atom. The van der Waals surface area contributed by atoms with Crippen LogP contribution in [0, 0.1) is 0 Å². The molecule has 0 bridgehead atoms. The Bertz CT molecular complexity index is 1190. The van der Waals surface area contributed by atoms with Gasteiger partial charge in [0.1, 0.15) is 7.05 Å². The molecule has 2 heterocycles. The SMILES string of the molecule is C[N+]1=C(/C=C/C=C2/N(CCCl)c3ccc(C(F)(F)F)cc3C2(C)C)C(C)(C)c2ccccc21. The number of hydrogen-bond acceptors (Lipinski definition) is 1. The summed E-state index contributed by atoms with van der Waals surface area (Å²) in [6, 6.07) is 12.4. The summed E-state index contributed by atoms with van der Waals surface area (Å²) in [7, 11) is 2.06. The number of allylic oxidation sites excluding steroid dienone is 4. The maximum Gasteiger partial charge on any atom is 0.416 e. The van der Waals surface area contributed by atoms with Crippen LogP contribution < -0.4 is 4.90 Å². The zero-order chi connectivity index (χ0) is 24.2. The van der Waals surface area contributed by atoms with Crippen LogP contribution in [0.25, 0.3) is 0 Å². The Hall–Kier alpha value is -2.53. The molecule has 0 aromatic heterocycles. The molecule has 0 fully saturated rings. The molecule has 0 atom stereocenters. The Balaban J connectivity index is 1.74. The molecule has 2 nitrogen and oxygen atoms in total. The Kier molecular flexibility index (Phi) is 5.76. The van der Waals surface area contributed by atoms with Crippen LogP contribution in [0.2, 0.25) is 0 Å². The number of rotatable bonds is 4. The summed E-state index contributed by atoms with van der Waals surface area (Å²) in [4.78, 5) is 2.04. The van der Waals surface area contributed by atoms with Crippen molar-refractivity contribution in [1.82, 2.24) is 0 Å². The minimum atomic E-state index is -4.38. The highest BCUT2D eigenvalue weighted by molar-refractivity contribution is 6.18. The third-order valence-corrected chi connectivity index (χ3v) is 7.14. The average molecular weight is 474 g/mol. The Morgan fingerprint density at radius 3 is 2.33 bits per heavy atom. The van der Waals surface area contributed by atoms with Gasteiger partial charge in [0.2, 0.25) is 5.69 Å². The predicted octanol–water partition coefficient (Wildman–Crippen LogP) is 7.19. The highest BCUT2D eigenvalue weighted by atomic mass is 35.5. The molecule has 0 saturated carbocycles. The minimum Gasteiger partial charge on any atom is -0.343 e. The first-order valence-corrected chi connectivity index (χ1v) is 11.6. The fourth-order valence-electron chi connectivity index (χ4n) is 5.21. The molecule has 33 heavy (non-hydrogen) atoms. The van der Waals surface area contributed by atoms with E-state index >= 15 is 0 Å². The Labute approximate surface area is 198 Å². The second-order valence-corrected chi connectivity index (χ2v) is 10.1. The van der Waals surface area contributed by atoms with Crippen LogP contribution >= 0.6 is 11.6 Å². The molecule has 6 heteroatoms. The summed E-state index contributed by atoms with van der Waals surface area (Å²) >= 11 is 6.08. The third kappa shape index (κ3) is 3.80. The summed E-state index contributed by atoms with van der Waals surface area (Å²) in [5.74, 6) is 0.375. The zero-order valence-electron chi connectivity index (χ0n) is 19.6. The van der Waals surface area contributed by atoms with E-state index in [1.807, 2.05) is 37.0 Å². The molecule has 0 N–H and O–H groups in total. The maximum absolute atomic E-state index is 13.4. The van der Waals surface area contributed by atoms with E-state index < -0.39 is 17.2 Å². The number of anilines is 1. The molecule has 2 aromatic rings. The first kappa shape index (κ1) is 23.6. The number of alkyl halides is 4. The quantitative estimate of drug-likeness (QED) is 0.336. The lowest BCUT2D eigenvalue weighted by atomic mass is 9.81. The van der Waals surface area contributed by atoms with Crippen molar-refractivity contribution in [2.75, 3.05) is 24.4 Å². The standard InChI is InChI=1S/C27H29ClF3N2/c1-25(2)19-9-6-7-10-21(19)32(5)23(25)11-8-12-24-26(3,4)20-17-18(27(29,30)31)13-14-22(20)33(24)16-15-28/h6-14,17H,15-16H2,1-5H3/q+1. The summed E-state index contributed by atoms with van der Waals surface area (Å²) in [6.07, 6.45) is 1.75. The lowest BCUT2D eigenvalue weighted by molar-refractivity contribution is -0.401. The molecule has 2 aromatic carbocycles. The van der Waals surface area contributed by atoms with Gasteiger partial charge in [0.05, 0.1) is 11.0 Å². The molecule has 174 valence electrons. The fourth-order valence-corrected chi connectivity index (χ4v) is 5.38. The van der Waals surface area contributed by atoms with Crippen LogP contribution in [0.1, 0.15) is 44.4 Å². The lowest BCUT2D eigenvalue weighted by Crippen LogP contribution is -2.28. The topological polar surface area (TPSA) is 6.25 Å². The van der Waals surface area contributed by atoms with Crippen molar-refractivity contribution >= 4 is 28.7 Å². The molecule has 0 radical (unpaired) electrons. The molecule has 0 spiro atoms. The van der Waals surface area contributed by atoms with Gasteiger partial charge >= 0.3 is 6.18 Å². The van der Waals surface area contributed by atoms with Crippen molar-refractivity contribution in [3.63, 3.8) is 0 Å². The van der Waals surface area contributed by atoms with E-state index in [0.717, 1.165) is 23.2 Å². The lowest BCUT2D eigenvalue weighted by Gasteiger charge is -2.26. The van der Waals surface area contributed by atoms with Gasteiger partial charge in [-0.2, -0.15) is 17.7 Å². The number of hydrogen-bond donors (Lipinski definition) is 0. The van der Waals surface area contributed by atoms with E-state index in [4.69, 9.17) is 11.6 Å². The molecular formula is C27H29ClF3N2+. The van der Waals surface area contributed by atoms with Gasteiger partial charge < -0.3 is 4.90 Å². The number of nitrogens with zero attached hydrogens (tertiary/aromatic N) is 2. The van der Waals surface area contributed by atoms with Gasteiger partial charge in [-0.15, -0.1) is 11.6 Å². The van der Waals surface area contributed by atoms with Crippen molar-refractivity contribution in [1.29, 1.82) is 0 Å². The monoisotopic (exact) mass is 473 g/mol. The van der Waals surface area contributed by atoms with Crippen molar-refractivity contribution in [2.24, 2.45) is 0 Å². The van der Waals surface area contributed by atoms with Gasteiger partial charge in [-0.05, 0) is 43.7 Å². The van der Waals surface area contributed by atoms with Crippen LogP contribution in [0.15, 0.2) is 66.4 Å². The van der Waals surface area contributed by atoms with E-state index in [-0.39, 0.29) is 5.41 Å². The fraction of sp³-hybridized carbons (Fsp3) is 0.370. The van der Waals surface area contributed by atoms with E-state index in [1.54, 1.807) is 6.07 Å². The number of para-hydroxylation sites is 1. The van der Waals surface area contributed by atoms with Crippen molar-refractivity contribution in [2.45, 2.75) is 44.7 Å². The summed E-state index contributed by atoms with van der Waals surface area (Å²) in [5, 5.41) is 0. The van der Waals surface area contributed by atoms with Crippen LogP contribution in [-0.4, -0.2) is 29.8 Å². The maximum atomic E-state index is 13.4. The van der Waals surface area contributed by atoms with E-state index in [9.17, 15) is 13.2 Å². The molecule has 4 rings (SSSR count). The number of halogens is 4. The van der Waals surface area contributed by atoms with Gasteiger partial charge in [-0.25, -0.2) is 0 Å². The average Bonchev–Trinajstić information content (AvgIpc) is 3.08. The van der Waals surface area contributed by atoms with Gasteiger partial charge in [0.25, 0.3) is 0 Å². The van der Waals surface area contributed by atoms with Crippen LogP contribution in [0.4, 0.5) is 24.5 Å². The van der Waals surface area contributed by atoms with E-state index in [1.165, 1.54) is 17.3 Å². The van der Waals surface area contributed by atoms with Crippen LogP contribution in [0.5, 0.6) is 0 Å². The minimum absolute atomic E-state index is 0.147. The molecule has 0 saturated heterocycles. The highest BCUT2D eigenvalue weighted by Gasteiger charge is 2.44. The predicted molar refractivity (Wildman–Crippen MR) is 130 cm³/mol. The van der Waals surface area contributed by atoms with Crippen molar-refractivity contribution in [3.8, 4) is 0 Å². The van der Waals surface area contributed by atoms with E-state index in [2.05, 4.69) is 49.7 Å². The first-order chi connectivity index (χ1) is 15.4. The van der Waals surface area contributed by atoms with Gasteiger partial charge in [-0.3, -0.25) is 0 Å². The second kappa shape index (κ2) is 8.05. The van der Waals surface area contributed by atoms with Crippen LogP contribution in [-0.2, 0) is 17.0 Å². The number of fused-ring (bicyclic) bond motifs is 2. The third-order valence-electron chi connectivity index (χ3n) is 6.98. The van der Waals surface area contributed by atoms with Gasteiger partial charge in [0.15, 0.2) is 5.71 Å². The molecule has 2 aliphatic rings. The zero-order valence-corrected chi connectivity index (χ0v) is 20.3. The van der Waals surface area contributed by atoms with Crippen molar-refractivity contribution in [3.05, 3.63) is 83.1 Å². The summed E-state index contributed by atoms with van der Waals surface area (Å²) < 4.78 is 42.3. The van der Waals surface area contributed by atoms with Crippen molar-refractivity contribution < 1.29 is 17.7 Å². The van der Waals surface area contributed by atoms with Gasteiger partial charge in [-0.1, -0.05) is 38.1 Å². The normalized spacial score (nSPS) is 20.2. The second-order valence-electron chi connectivity index (χ2n) is 9.69. The van der Waals surface area contributed by atoms with Gasteiger partial charge in [0, 0.05) is 46.9 Å². The molecular weight excluding hydrogens is 445 g/mol. The molecule has 2 aliphatic heterocycles. The van der Waals surface area contributed by atoms with Crippen LogP contribution in [0.3, 0.4) is 0 Å². The molecule has 0 aliphatic carbocycles. The largest absolute Gasteiger partial charge is 0.416 e. The first-order valence-electron chi connectivity index (χ1n) is 11.1. The Morgan fingerprint density at radius 1 is 1.00 bits per heavy atom. The van der Waals surface area contributed by atoms with E-state index in [0.29, 0.717) is 18.0 Å². The summed E-state index contributed by atoms with van der Waals surface area (Å²) in [6.45, 7) is 8.87. The summed E-state index contributed by atoms with van der Waals surface area (Å²) in [5.41, 5.74) is 4.65. The molecule has 0 amide bonds.